The van der Waals surface area contributed by atoms with Gasteiger partial charge in [0.05, 0.1) is 5.69 Å². The van der Waals surface area contributed by atoms with E-state index in [9.17, 15) is 8.42 Å². The molecular weight excluding hydrogens is 273 g/mol. The smallest absolute Gasteiger partial charge is 0.268 e. The van der Waals surface area contributed by atoms with Gasteiger partial charge in [-0.25, -0.2) is 4.98 Å². The summed E-state index contributed by atoms with van der Waals surface area (Å²) < 4.78 is 27.5. The molecule has 0 unspecified atom stereocenters. The Morgan fingerprint density at radius 2 is 2.06 bits per heavy atom. The fourth-order valence-electron chi connectivity index (χ4n) is 1.08. The van der Waals surface area contributed by atoms with Crippen molar-refractivity contribution in [1.82, 2.24) is 9.71 Å². The van der Waals surface area contributed by atoms with E-state index in [-0.39, 0.29) is 22.5 Å². The predicted molar refractivity (Wildman–Crippen MR) is 65.2 cm³/mol. The molecule has 1 heterocycles. The summed E-state index contributed by atoms with van der Waals surface area (Å²) in [6.07, 6.45) is 0. The lowest BCUT2D eigenvalue weighted by Gasteiger charge is -2.11. The number of anilines is 1. The fraction of sp³-hybridized carbons (Fsp3) is 0.375. The number of rotatable bonds is 4. The number of nitrogens with one attached hydrogen (secondary N) is 2. The van der Waals surface area contributed by atoms with Crippen LogP contribution in [0.25, 0.3) is 0 Å². The van der Waals surface area contributed by atoms with Crippen LogP contribution in [0.3, 0.4) is 0 Å². The van der Waals surface area contributed by atoms with Gasteiger partial charge in [-0.3, -0.25) is 4.72 Å². The lowest BCUT2D eigenvalue weighted by atomic mass is 10.3. The van der Waals surface area contributed by atoms with Crippen LogP contribution in [0, 0.1) is 6.92 Å². The van der Waals surface area contributed by atoms with E-state index >= 15 is 0 Å². The molecule has 1 aromatic heterocycles. The zero-order valence-corrected chi connectivity index (χ0v) is 11.0. The van der Waals surface area contributed by atoms with Gasteiger partial charge in [0.15, 0.2) is 5.15 Å². The number of aromatic nitrogens is 1. The summed E-state index contributed by atoms with van der Waals surface area (Å²) >= 11 is 11.5. The maximum Gasteiger partial charge on any atom is 0.299 e. The van der Waals surface area contributed by atoms with Crippen molar-refractivity contribution >= 4 is 39.1 Å². The van der Waals surface area contributed by atoms with Crippen LogP contribution in [-0.4, -0.2) is 19.9 Å². The van der Waals surface area contributed by atoms with E-state index < -0.39 is 10.2 Å². The van der Waals surface area contributed by atoms with Crippen molar-refractivity contribution in [2.24, 2.45) is 0 Å². The van der Waals surface area contributed by atoms with Gasteiger partial charge in [0.25, 0.3) is 10.2 Å². The molecule has 90 valence electrons. The normalized spacial score (nSPS) is 11.5. The molecule has 0 amide bonds. The topological polar surface area (TPSA) is 71.1 Å². The van der Waals surface area contributed by atoms with Gasteiger partial charge < -0.3 is 0 Å². The van der Waals surface area contributed by atoms with E-state index in [4.69, 9.17) is 23.2 Å². The molecule has 0 fully saturated rings. The quantitative estimate of drug-likeness (QED) is 0.830. The van der Waals surface area contributed by atoms with Crippen molar-refractivity contribution in [2.75, 3.05) is 11.3 Å². The van der Waals surface area contributed by atoms with Crippen LogP contribution in [0.15, 0.2) is 6.07 Å². The van der Waals surface area contributed by atoms with Crippen molar-refractivity contribution in [2.45, 2.75) is 13.8 Å². The molecule has 0 aromatic carbocycles. The van der Waals surface area contributed by atoms with Crippen molar-refractivity contribution in [3.8, 4) is 0 Å². The molecule has 0 saturated carbocycles. The number of hydrogen-bond acceptors (Lipinski definition) is 3. The molecule has 16 heavy (non-hydrogen) atoms. The highest BCUT2D eigenvalue weighted by atomic mass is 35.5. The van der Waals surface area contributed by atoms with Crippen LogP contribution >= 0.6 is 23.2 Å². The highest BCUT2D eigenvalue weighted by Crippen LogP contribution is 2.26. The van der Waals surface area contributed by atoms with Crippen molar-refractivity contribution in [3.63, 3.8) is 0 Å². The lowest BCUT2D eigenvalue weighted by Crippen LogP contribution is -2.30. The van der Waals surface area contributed by atoms with Crippen LogP contribution in [0.2, 0.25) is 10.3 Å². The van der Waals surface area contributed by atoms with Crippen LogP contribution in [0.5, 0.6) is 0 Å². The number of halogens is 2. The van der Waals surface area contributed by atoms with Crippen LogP contribution in [-0.2, 0) is 10.2 Å². The Kier molecular flexibility index (Phi) is 4.37. The molecule has 5 nitrogen and oxygen atoms in total. The first-order valence-electron chi connectivity index (χ1n) is 4.45. The zero-order chi connectivity index (χ0) is 12.3. The molecule has 0 aliphatic carbocycles. The molecule has 0 aliphatic heterocycles. The third kappa shape index (κ3) is 3.48. The first-order valence-corrected chi connectivity index (χ1v) is 6.69. The summed E-state index contributed by atoms with van der Waals surface area (Å²) in [5.41, 5.74) is 0.832. The average molecular weight is 284 g/mol. The van der Waals surface area contributed by atoms with Gasteiger partial charge in [0.1, 0.15) is 5.15 Å². The summed E-state index contributed by atoms with van der Waals surface area (Å²) in [4.78, 5) is 3.75. The third-order valence-corrected chi connectivity index (χ3v) is 3.32. The van der Waals surface area contributed by atoms with E-state index in [0.29, 0.717) is 5.56 Å². The average Bonchev–Trinajstić information content (AvgIpc) is 2.11. The second-order valence-electron chi connectivity index (χ2n) is 3.03. The monoisotopic (exact) mass is 283 g/mol. The number of hydrogen-bond donors (Lipinski definition) is 2. The van der Waals surface area contributed by atoms with Crippen LogP contribution in [0.1, 0.15) is 12.5 Å². The highest BCUT2D eigenvalue weighted by molar-refractivity contribution is 7.90. The molecule has 0 atom stereocenters. The van der Waals surface area contributed by atoms with Gasteiger partial charge in [0, 0.05) is 6.54 Å². The third-order valence-electron chi connectivity index (χ3n) is 1.71. The first-order chi connectivity index (χ1) is 7.35. The van der Waals surface area contributed by atoms with Crippen molar-refractivity contribution in [1.29, 1.82) is 0 Å². The molecule has 8 heteroatoms. The number of nitrogens with zero attached hydrogens (tertiary/aromatic N) is 1. The van der Waals surface area contributed by atoms with E-state index in [1.54, 1.807) is 13.8 Å². The van der Waals surface area contributed by atoms with Crippen molar-refractivity contribution in [3.05, 3.63) is 21.9 Å². The molecule has 0 bridgehead atoms. The van der Waals surface area contributed by atoms with Gasteiger partial charge in [-0.05, 0) is 18.6 Å². The van der Waals surface area contributed by atoms with Gasteiger partial charge in [-0.1, -0.05) is 30.1 Å². The maximum absolute atomic E-state index is 11.4. The minimum atomic E-state index is -3.61. The van der Waals surface area contributed by atoms with Gasteiger partial charge in [-0.15, -0.1) is 0 Å². The Labute approximate surface area is 104 Å². The minimum Gasteiger partial charge on any atom is -0.268 e. The fourth-order valence-corrected chi connectivity index (χ4v) is 2.69. The van der Waals surface area contributed by atoms with Gasteiger partial charge >= 0.3 is 0 Å². The summed E-state index contributed by atoms with van der Waals surface area (Å²) in [5.74, 6) is 0. The zero-order valence-electron chi connectivity index (χ0n) is 8.71. The molecule has 0 radical (unpaired) electrons. The van der Waals surface area contributed by atoms with E-state index in [1.165, 1.54) is 6.07 Å². The Balaban J connectivity index is 3.07. The Hall–Kier alpha value is -0.560. The molecule has 0 aliphatic rings. The molecule has 1 aromatic rings. The highest BCUT2D eigenvalue weighted by Gasteiger charge is 2.14. The van der Waals surface area contributed by atoms with Crippen LogP contribution in [0.4, 0.5) is 5.69 Å². The standard InChI is InChI=1S/C8H11Cl2N3O2S/c1-3-11-16(14,15)13-7-5(2)4-6(9)12-8(7)10/h4,11,13H,3H2,1-2H3. The van der Waals surface area contributed by atoms with Gasteiger partial charge in [-0.2, -0.15) is 13.1 Å². The number of aryl methyl sites for hydroxylation is 1. The largest absolute Gasteiger partial charge is 0.299 e. The van der Waals surface area contributed by atoms with Crippen molar-refractivity contribution < 1.29 is 8.42 Å². The second-order valence-corrected chi connectivity index (χ2v) is 5.28. The van der Waals surface area contributed by atoms with Crippen LogP contribution < -0.4 is 9.44 Å². The molecule has 0 spiro atoms. The first kappa shape index (κ1) is 13.5. The predicted octanol–water partition coefficient (Wildman–Crippen LogP) is 1.96. The lowest BCUT2D eigenvalue weighted by molar-refractivity contribution is 0.589. The minimum absolute atomic E-state index is 0.0199. The van der Waals surface area contributed by atoms with E-state index in [0.717, 1.165) is 0 Å². The Morgan fingerprint density at radius 3 is 2.56 bits per heavy atom. The maximum atomic E-state index is 11.4. The summed E-state index contributed by atoms with van der Waals surface area (Å²) in [6.45, 7) is 3.64. The number of pyridine rings is 1. The van der Waals surface area contributed by atoms with Gasteiger partial charge in [0.2, 0.25) is 0 Å². The SMILES string of the molecule is CCNS(=O)(=O)Nc1c(C)cc(Cl)nc1Cl. The second kappa shape index (κ2) is 5.18. The molecule has 0 saturated heterocycles. The summed E-state index contributed by atoms with van der Waals surface area (Å²) in [7, 11) is -3.61. The summed E-state index contributed by atoms with van der Waals surface area (Å²) in [5, 5.41) is 0.236. The summed E-state index contributed by atoms with van der Waals surface area (Å²) in [6, 6.07) is 1.53. The Bertz CT molecular complexity index is 467. The molecule has 2 N–H and O–H groups in total. The Morgan fingerprint density at radius 1 is 1.44 bits per heavy atom. The molecular formula is C8H11Cl2N3O2S. The molecule has 1 rings (SSSR count). The van der Waals surface area contributed by atoms with E-state index in [2.05, 4.69) is 14.4 Å². The van der Waals surface area contributed by atoms with E-state index in [1.807, 2.05) is 0 Å².